The van der Waals surface area contributed by atoms with E-state index < -0.39 is 0 Å². The fourth-order valence-electron chi connectivity index (χ4n) is 3.48. The molecule has 1 aliphatic heterocycles. The number of thiazole rings is 1. The first-order valence-corrected chi connectivity index (χ1v) is 11.4. The second-order valence-corrected chi connectivity index (χ2v) is 9.68. The molecule has 0 atom stereocenters. The number of fused-ring (bicyclic) bond motifs is 3. The summed E-state index contributed by atoms with van der Waals surface area (Å²) in [6.07, 6.45) is 3.70. The Hall–Kier alpha value is -2.81. The van der Waals surface area contributed by atoms with Gasteiger partial charge in [-0.05, 0) is 42.2 Å². The Kier molecular flexibility index (Phi) is 4.98. The molecule has 1 fully saturated rings. The molecule has 2 amide bonds. The van der Waals surface area contributed by atoms with Gasteiger partial charge in [0.1, 0.15) is 4.32 Å². The molecule has 148 valence electrons. The topological polar surface area (TPSA) is 71.1 Å². The molecule has 0 unspecified atom stereocenters. The van der Waals surface area contributed by atoms with Crippen LogP contribution in [0.3, 0.4) is 0 Å². The van der Waals surface area contributed by atoms with Gasteiger partial charge in [-0.15, -0.1) is 11.3 Å². The Labute approximate surface area is 186 Å². The Morgan fingerprint density at radius 1 is 1.13 bits per heavy atom. The maximum absolute atomic E-state index is 12.7. The summed E-state index contributed by atoms with van der Waals surface area (Å²) >= 11 is 7.76. The van der Waals surface area contributed by atoms with Crippen LogP contribution in [0.25, 0.3) is 17.3 Å². The number of nitrogens with zero attached hydrogens (tertiary/aromatic N) is 1. The Morgan fingerprint density at radius 2 is 1.93 bits per heavy atom. The van der Waals surface area contributed by atoms with Crippen LogP contribution in [0.15, 0.2) is 53.4 Å². The van der Waals surface area contributed by atoms with Crippen LogP contribution in [0.4, 0.5) is 5.13 Å². The van der Waals surface area contributed by atoms with Crippen LogP contribution >= 0.6 is 35.3 Å². The van der Waals surface area contributed by atoms with Gasteiger partial charge in [0.2, 0.25) is 0 Å². The molecule has 1 aromatic heterocycles. The van der Waals surface area contributed by atoms with Crippen molar-refractivity contribution >= 4 is 62.7 Å². The number of hydrogen-bond donors (Lipinski definition) is 2. The number of benzene rings is 2. The van der Waals surface area contributed by atoms with E-state index in [0.29, 0.717) is 19.9 Å². The molecule has 0 radical (unpaired) electrons. The number of amides is 2. The van der Waals surface area contributed by atoms with E-state index in [1.54, 1.807) is 30.3 Å². The van der Waals surface area contributed by atoms with Crippen LogP contribution in [-0.4, -0.2) is 21.1 Å². The first-order chi connectivity index (χ1) is 14.6. The first-order valence-electron chi connectivity index (χ1n) is 9.31. The van der Waals surface area contributed by atoms with Crippen LogP contribution in [0.2, 0.25) is 0 Å². The smallest absolute Gasteiger partial charge is 0.263 e. The molecule has 5 nitrogen and oxygen atoms in total. The van der Waals surface area contributed by atoms with Crippen LogP contribution < -0.4 is 10.6 Å². The Bertz CT molecular complexity index is 1230. The number of thioether (sulfide) groups is 1. The van der Waals surface area contributed by atoms with Gasteiger partial charge in [0.15, 0.2) is 5.13 Å². The van der Waals surface area contributed by atoms with Crippen LogP contribution in [-0.2, 0) is 17.6 Å². The molecule has 5 rings (SSSR count). The summed E-state index contributed by atoms with van der Waals surface area (Å²) in [6.45, 7) is 0. The minimum atomic E-state index is -0.206. The number of carbonyl (C=O) groups is 2. The number of carbonyl (C=O) groups excluding carboxylic acids is 2. The predicted molar refractivity (Wildman–Crippen MR) is 126 cm³/mol. The molecule has 0 bridgehead atoms. The van der Waals surface area contributed by atoms with Gasteiger partial charge in [-0.25, -0.2) is 4.98 Å². The quantitative estimate of drug-likeness (QED) is 0.450. The summed E-state index contributed by atoms with van der Waals surface area (Å²) in [6, 6.07) is 15.4. The molecular weight excluding hydrogens is 434 g/mol. The van der Waals surface area contributed by atoms with Gasteiger partial charge >= 0.3 is 0 Å². The van der Waals surface area contributed by atoms with Crippen LogP contribution in [0.1, 0.15) is 26.4 Å². The van der Waals surface area contributed by atoms with Gasteiger partial charge in [0.05, 0.1) is 10.6 Å². The van der Waals surface area contributed by atoms with E-state index in [9.17, 15) is 9.59 Å². The molecule has 30 heavy (non-hydrogen) atoms. The minimum Gasteiger partial charge on any atom is -0.307 e. The molecule has 2 aliphatic rings. The lowest BCUT2D eigenvalue weighted by Crippen LogP contribution is -2.17. The molecule has 2 N–H and O–H groups in total. The monoisotopic (exact) mass is 449 g/mol. The molecule has 1 aliphatic carbocycles. The van der Waals surface area contributed by atoms with E-state index in [1.165, 1.54) is 33.5 Å². The standard InChI is InChI=1S/C22H15N3O2S3/c26-19(14-7-5-12(6-8-14)11-17-20(27)25-22(28)30-17)24-21-23-18-15-4-2-1-3-13(15)9-10-16(18)29-21/h1-8,11H,9-10H2,(H,23,24,26)(H,25,27,28)/b17-11-. The summed E-state index contributed by atoms with van der Waals surface area (Å²) in [5, 5.41) is 6.12. The van der Waals surface area contributed by atoms with E-state index in [-0.39, 0.29) is 11.8 Å². The molecular formula is C22H15N3O2S3. The number of aryl methyl sites for hydroxylation is 2. The zero-order chi connectivity index (χ0) is 20.7. The van der Waals surface area contributed by atoms with Crippen molar-refractivity contribution in [3.8, 4) is 11.3 Å². The maximum atomic E-state index is 12.7. The van der Waals surface area contributed by atoms with Gasteiger partial charge in [0, 0.05) is 16.0 Å². The van der Waals surface area contributed by atoms with Crippen molar-refractivity contribution in [1.29, 1.82) is 0 Å². The van der Waals surface area contributed by atoms with Gasteiger partial charge in [-0.1, -0.05) is 60.4 Å². The Balaban J connectivity index is 1.32. The SMILES string of the molecule is O=C1NC(=S)S/C1=C\c1ccc(C(=O)Nc2nc3c(s2)CCc2ccccc2-3)cc1. The highest BCUT2D eigenvalue weighted by molar-refractivity contribution is 8.26. The van der Waals surface area contributed by atoms with Crippen LogP contribution in [0.5, 0.6) is 0 Å². The van der Waals surface area contributed by atoms with Crippen molar-refractivity contribution in [3.63, 3.8) is 0 Å². The van der Waals surface area contributed by atoms with E-state index in [1.807, 2.05) is 12.1 Å². The van der Waals surface area contributed by atoms with Crippen molar-refractivity contribution in [2.24, 2.45) is 0 Å². The molecule has 3 aromatic rings. The van der Waals surface area contributed by atoms with Crippen molar-refractivity contribution in [2.75, 3.05) is 5.32 Å². The summed E-state index contributed by atoms with van der Waals surface area (Å²) in [5.41, 5.74) is 4.79. The van der Waals surface area contributed by atoms with Crippen molar-refractivity contribution in [2.45, 2.75) is 12.8 Å². The summed E-state index contributed by atoms with van der Waals surface area (Å²) in [7, 11) is 0. The van der Waals surface area contributed by atoms with E-state index >= 15 is 0 Å². The summed E-state index contributed by atoms with van der Waals surface area (Å²) < 4.78 is 0.455. The number of nitrogens with one attached hydrogen (secondary N) is 2. The number of hydrogen-bond acceptors (Lipinski definition) is 6. The third kappa shape index (κ3) is 3.69. The number of thiocarbonyl (C=S) groups is 1. The number of anilines is 1. The van der Waals surface area contributed by atoms with Gasteiger partial charge in [-0.2, -0.15) is 0 Å². The summed E-state index contributed by atoms with van der Waals surface area (Å²) in [4.78, 5) is 30.9. The molecule has 8 heteroatoms. The van der Waals surface area contributed by atoms with Crippen molar-refractivity contribution in [1.82, 2.24) is 10.3 Å². The molecule has 0 saturated carbocycles. The predicted octanol–water partition coefficient (Wildman–Crippen LogP) is 4.65. The lowest BCUT2D eigenvalue weighted by molar-refractivity contribution is -0.115. The highest BCUT2D eigenvalue weighted by Crippen LogP contribution is 2.38. The zero-order valence-electron chi connectivity index (χ0n) is 15.6. The van der Waals surface area contributed by atoms with E-state index in [4.69, 9.17) is 12.2 Å². The average Bonchev–Trinajstić information content (AvgIpc) is 3.30. The molecule has 0 spiro atoms. The molecule has 2 heterocycles. The van der Waals surface area contributed by atoms with Crippen LogP contribution in [0, 0.1) is 0 Å². The third-order valence-corrected chi connectivity index (χ3v) is 7.12. The van der Waals surface area contributed by atoms with Gasteiger partial charge in [-0.3, -0.25) is 14.9 Å². The fourth-order valence-corrected chi connectivity index (χ4v) is 5.49. The summed E-state index contributed by atoms with van der Waals surface area (Å²) in [5.74, 6) is -0.399. The second kappa shape index (κ2) is 7.79. The largest absolute Gasteiger partial charge is 0.307 e. The Morgan fingerprint density at radius 3 is 2.70 bits per heavy atom. The number of rotatable bonds is 3. The van der Waals surface area contributed by atoms with Crippen molar-refractivity contribution in [3.05, 3.63) is 75.0 Å². The fraction of sp³-hybridized carbons (Fsp3) is 0.0909. The molecule has 2 aromatic carbocycles. The van der Waals surface area contributed by atoms with Gasteiger partial charge in [0.25, 0.3) is 11.8 Å². The molecule has 1 saturated heterocycles. The highest BCUT2D eigenvalue weighted by atomic mass is 32.2. The highest BCUT2D eigenvalue weighted by Gasteiger charge is 2.23. The van der Waals surface area contributed by atoms with Crippen molar-refractivity contribution < 1.29 is 9.59 Å². The van der Waals surface area contributed by atoms with E-state index in [0.717, 1.165) is 29.7 Å². The van der Waals surface area contributed by atoms with E-state index in [2.05, 4.69) is 27.8 Å². The lowest BCUT2D eigenvalue weighted by atomic mass is 9.94. The maximum Gasteiger partial charge on any atom is 0.263 e. The second-order valence-electron chi connectivity index (χ2n) is 6.88. The van der Waals surface area contributed by atoms with Gasteiger partial charge < -0.3 is 5.32 Å². The normalized spacial score (nSPS) is 16.2. The third-order valence-electron chi connectivity index (χ3n) is 4.92. The first kappa shape index (κ1) is 19.2. The minimum absolute atomic E-state index is 0.193. The lowest BCUT2D eigenvalue weighted by Gasteiger charge is -2.13. The zero-order valence-corrected chi connectivity index (χ0v) is 18.0. The number of aromatic nitrogens is 1. The average molecular weight is 450 g/mol.